The summed E-state index contributed by atoms with van der Waals surface area (Å²) in [6.07, 6.45) is 2.17. The molecule has 0 spiro atoms. The average Bonchev–Trinajstić information content (AvgIpc) is 2.66. The summed E-state index contributed by atoms with van der Waals surface area (Å²) in [7, 11) is 4.15. The maximum atomic E-state index is 2.96. The molecule has 2 rings (SSSR count). The summed E-state index contributed by atoms with van der Waals surface area (Å²) >= 11 is 11.9. The third kappa shape index (κ3) is 13.3. The summed E-state index contributed by atoms with van der Waals surface area (Å²) in [4.78, 5) is 4.35. The molecule has 0 aliphatic heterocycles. The summed E-state index contributed by atoms with van der Waals surface area (Å²) in [6.45, 7) is 2.08. The molecule has 0 saturated heterocycles. The normalized spacial score (nSPS) is 9.26. The second-order valence-electron chi connectivity index (χ2n) is 5.85. The molecule has 7 heteroatoms. The van der Waals surface area contributed by atoms with Crippen molar-refractivity contribution in [2.24, 2.45) is 0 Å². The quantitative estimate of drug-likeness (QED) is 0.389. The molecule has 140 valence electrons. The SMILES string of the molecule is CN(CCc1ccccc1)C(=[Se])[Se-].CN(CCc1ccccc1)C(=[Se])[Se-].[Zn+2]. The van der Waals surface area contributed by atoms with Crippen molar-refractivity contribution in [3.05, 3.63) is 71.8 Å². The van der Waals surface area contributed by atoms with Gasteiger partial charge >= 0.3 is 211 Å². The van der Waals surface area contributed by atoms with E-state index in [4.69, 9.17) is 0 Å². The number of hydrogen-bond donors (Lipinski definition) is 0. The maximum absolute atomic E-state index is 2.96. The first-order valence-corrected chi connectivity index (χ1v) is 11.7. The van der Waals surface area contributed by atoms with Gasteiger partial charge in [0.2, 0.25) is 0 Å². The summed E-state index contributed by atoms with van der Waals surface area (Å²) in [5.74, 6) is 0. The van der Waals surface area contributed by atoms with Crippen molar-refractivity contribution in [1.29, 1.82) is 0 Å². The number of nitrogens with zero attached hydrogens (tertiary/aromatic N) is 2. The van der Waals surface area contributed by atoms with Gasteiger partial charge < -0.3 is 0 Å². The van der Waals surface area contributed by atoms with Gasteiger partial charge in [0.1, 0.15) is 0 Å². The largest absolute Gasteiger partial charge is 2.00 e. The van der Waals surface area contributed by atoms with E-state index in [1.54, 1.807) is 0 Å². The first-order chi connectivity index (χ1) is 12.4. The molecule has 0 amide bonds. The van der Waals surface area contributed by atoms with Crippen molar-refractivity contribution >= 4 is 70.1 Å². The minimum atomic E-state index is 0. The molecule has 0 aliphatic carbocycles. The minimum absolute atomic E-state index is 0. The topological polar surface area (TPSA) is 6.48 Å². The van der Waals surface area contributed by atoms with Crippen molar-refractivity contribution < 1.29 is 19.5 Å². The molecule has 0 bridgehead atoms. The first-order valence-electron chi connectivity index (χ1n) is 8.32. The maximum Gasteiger partial charge on any atom is 2.00 e. The molecule has 0 atom stereocenters. The van der Waals surface area contributed by atoms with Crippen LogP contribution in [0, 0.1) is 0 Å². The van der Waals surface area contributed by atoms with E-state index in [-0.39, 0.29) is 19.5 Å². The van der Waals surface area contributed by atoms with Crippen LogP contribution >= 0.6 is 0 Å². The van der Waals surface area contributed by atoms with Crippen molar-refractivity contribution in [2.45, 2.75) is 12.8 Å². The predicted octanol–water partition coefficient (Wildman–Crippen LogP) is 1.17. The van der Waals surface area contributed by atoms with Crippen LogP contribution in [0.15, 0.2) is 60.7 Å². The Morgan fingerprint density at radius 3 is 1.26 bits per heavy atom. The van der Waals surface area contributed by atoms with Gasteiger partial charge in [-0.25, -0.2) is 0 Å². The predicted molar refractivity (Wildman–Crippen MR) is 119 cm³/mol. The zero-order valence-electron chi connectivity index (χ0n) is 15.8. The van der Waals surface area contributed by atoms with Crippen molar-refractivity contribution in [3.8, 4) is 0 Å². The molecule has 2 aromatic rings. The van der Waals surface area contributed by atoms with E-state index in [0.29, 0.717) is 0 Å². The van der Waals surface area contributed by atoms with Gasteiger partial charge in [0.05, 0.1) is 0 Å². The van der Waals surface area contributed by atoms with Gasteiger partial charge in [-0.1, -0.05) is 0 Å². The Morgan fingerprint density at radius 2 is 1.00 bits per heavy atom. The van der Waals surface area contributed by atoms with Crippen molar-refractivity contribution in [1.82, 2.24) is 9.80 Å². The summed E-state index contributed by atoms with van der Waals surface area (Å²) < 4.78 is 2.24. The number of benzene rings is 2. The van der Waals surface area contributed by atoms with Gasteiger partial charge in [0.25, 0.3) is 0 Å². The molecule has 0 fully saturated rings. The Morgan fingerprint density at radius 1 is 0.704 bits per heavy atom. The molecular formula is C20H24N2Se4Zn. The zero-order valence-corrected chi connectivity index (χ0v) is 25.7. The summed E-state index contributed by atoms with van der Waals surface area (Å²) in [6, 6.07) is 21.0. The van der Waals surface area contributed by atoms with E-state index < -0.39 is 0 Å². The molecular weight excluding hydrogens is 649 g/mol. The van der Waals surface area contributed by atoms with Crippen LogP contribution in [0.1, 0.15) is 11.1 Å². The fraction of sp³-hybridized carbons (Fsp3) is 0.300. The third-order valence-corrected chi connectivity index (χ3v) is 6.40. The van der Waals surface area contributed by atoms with E-state index in [1.165, 1.54) is 11.1 Å². The van der Waals surface area contributed by atoms with Crippen LogP contribution in [0.5, 0.6) is 0 Å². The van der Waals surface area contributed by atoms with Crippen LogP contribution in [0.2, 0.25) is 0 Å². The summed E-state index contributed by atoms with van der Waals surface area (Å²) in [5, 5.41) is 0. The molecule has 0 N–H and O–H groups in total. The van der Waals surface area contributed by atoms with E-state index in [9.17, 15) is 0 Å². The molecule has 0 aromatic heterocycles. The van der Waals surface area contributed by atoms with Gasteiger partial charge in [0.15, 0.2) is 0 Å². The van der Waals surface area contributed by atoms with Crippen LogP contribution in [0.25, 0.3) is 0 Å². The Hall–Kier alpha value is 0.481. The van der Waals surface area contributed by atoms with Crippen LogP contribution < -0.4 is 0 Å². The van der Waals surface area contributed by atoms with Gasteiger partial charge in [-0.2, -0.15) is 0 Å². The average molecular weight is 674 g/mol. The van der Waals surface area contributed by atoms with Crippen LogP contribution in [0.3, 0.4) is 0 Å². The first kappa shape index (κ1) is 27.5. The van der Waals surface area contributed by atoms with Crippen molar-refractivity contribution in [3.63, 3.8) is 0 Å². The zero-order chi connectivity index (χ0) is 19.4. The molecule has 0 aliphatic rings. The third-order valence-electron chi connectivity index (χ3n) is 3.78. The minimum Gasteiger partial charge on any atom is 2.00 e. The Labute approximate surface area is 209 Å². The van der Waals surface area contributed by atoms with Gasteiger partial charge in [0, 0.05) is 0 Å². The van der Waals surface area contributed by atoms with E-state index >= 15 is 0 Å². The fourth-order valence-corrected chi connectivity index (χ4v) is 2.83. The van der Waals surface area contributed by atoms with Crippen molar-refractivity contribution in [2.75, 3.05) is 27.2 Å². The van der Waals surface area contributed by atoms with E-state index in [1.807, 2.05) is 12.1 Å². The van der Waals surface area contributed by atoms with Crippen LogP contribution in [0.4, 0.5) is 0 Å². The van der Waals surface area contributed by atoms with E-state index in [2.05, 4.69) is 136 Å². The van der Waals surface area contributed by atoms with E-state index in [0.717, 1.165) is 32.8 Å². The molecule has 2 aromatic carbocycles. The molecule has 0 heterocycles. The monoisotopic (exact) mass is 676 g/mol. The fourth-order valence-electron chi connectivity index (χ4n) is 2.07. The second kappa shape index (κ2) is 16.3. The number of rotatable bonds is 8. The molecule has 0 unspecified atom stereocenters. The van der Waals surface area contributed by atoms with Gasteiger partial charge in [-0.3, -0.25) is 0 Å². The van der Waals surface area contributed by atoms with Crippen LogP contribution in [-0.2, 0) is 32.3 Å². The Balaban J connectivity index is 0.000000483. The molecule has 0 radical (unpaired) electrons. The van der Waals surface area contributed by atoms with Gasteiger partial charge in [-0.05, 0) is 0 Å². The number of likely N-dealkylation sites (N-methyl/N-ethyl adjacent to an activating group) is 2. The van der Waals surface area contributed by atoms with Gasteiger partial charge in [-0.15, -0.1) is 0 Å². The Kier molecular flexibility index (Phi) is 16.6. The molecule has 27 heavy (non-hydrogen) atoms. The molecule has 0 saturated carbocycles. The Bertz CT molecular complexity index is 609. The smallest absolute Gasteiger partial charge is 2.00 e. The standard InChI is InChI=1S/2C10H13NSe2.Zn/c2*1-11(10(12)13)8-7-9-5-3-2-4-6-9;/h2*2-6H,7-8H2,1H3,(H,12,13);/q;;+2/p-2. The number of hydrogen-bond acceptors (Lipinski definition) is 2. The molecule has 2 nitrogen and oxygen atoms in total. The van der Waals surface area contributed by atoms with Crippen LogP contribution in [-0.4, -0.2) is 107 Å². The summed E-state index contributed by atoms with van der Waals surface area (Å²) in [5.41, 5.74) is 2.77. The second-order valence-corrected chi connectivity index (χ2v) is 11.7.